The number of halogens is 4. The van der Waals surface area contributed by atoms with E-state index < -0.39 is 11.9 Å². The molecule has 0 aliphatic carbocycles. The van der Waals surface area contributed by atoms with Gasteiger partial charge < -0.3 is 0 Å². The van der Waals surface area contributed by atoms with E-state index >= 15 is 0 Å². The standard InChI is InChI=1S/C11H8BrF3N2/c12-6-8-7-16-17(10(8)11(13,14)15)9-4-2-1-3-5-9/h1-5,7H,6H2. The number of hydrogen-bond acceptors (Lipinski definition) is 1. The quantitative estimate of drug-likeness (QED) is 0.772. The van der Waals surface area contributed by atoms with Crippen LogP contribution in [0.4, 0.5) is 13.2 Å². The van der Waals surface area contributed by atoms with Crippen LogP contribution in [0.25, 0.3) is 5.69 Å². The lowest BCUT2D eigenvalue weighted by Gasteiger charge is -2.11. The highest BCUT2D eigenvalue weighted by Crippen LogP contribution is 2.34. The molecule has 1 aromatic heterocycles. The summed E-state index contributed by atoms with van der Waals surface area (Å²) in [6.07, 6.45) is -3.19. The zero-order valence-corrected chi connectivity index (χ0v) is 10.2. The SMILES string of the molecule is FC(F)(F)c1c(CBr)cnn1-c1ccccc1. The Morgan fingerprint density at radius 2 is 1.82 bits per heavy atom. The highest BCUT2D eigenvalue weighted by atomic mass is 79.9. The molecule has 2 nitrogen and oxygen atoms in total. The van der Waals surface area contributed by atoms with Crippen molar-refractivity contribution in [2.45, 2.75) is 11.5 Å². The second-order valence-corrected chi connectivity index (χ2v) is 3.96. The molecule has 0 aliphatic heterocycles. The predicted octanol–water partition coefficient (Wildman–Crippen LogP) is 3.79. The van der Waals surface area contributed by atoms with Crippen LogP contribution in [0.3, 0.4) is 0 Å². The summed E-state index contributed by atoms with van der Waals surface area (Å²) in [5.41, 5.74) is -0.214. The Morgan fingerprint density at radius 3 is 2.35 bits per heavy atom. The van der Waals surface area contributed by atoms with Crippen LogP contribution in [0.5, 0.6) is 0 Å². The average molecular weight is 305 g/mol. The van der Waals surface area contributed by atoms with Gasteiger partial charge in [0.25, 0.3) is 0 Å². The van der Waals surface area contributed by atoms with Crippen molar-refractivity contribution in [3.8, 4) is 5.69 Å². The van der Waals surface area contributed by atoms with Gasteiger partial charge in [0.2, 0.25) is 0 Å². The van der Waals surface area contributed by atoms with Crippen molar-refractivity contribution < 1.29 is 13.2 Å². The molecule has 0 atom stereocenters. The third-order valence-electron chi connectivity index (χ3n) is 2.26. The topological polar surface area (TPSA) is 17.8 Å². The Labute approximate surface area is 104 Å². The number of rotatable bonds is 2. The molecule has 0 bridgehead atoms. The number of hydrogen-bond donors (Lipinski definition) is 0. The fourth-order valence-corrected chi connectivity index (χ4v) is 1.96. The number of para-hydroxylation sites is 1. The highest BCUT2D eigenvalue weighted by Gasteiger charge is 2.38. The summed E-state index contributed by atoms with van der Waals surface area (Å²) in [6.45, 7) is 0. The molecule has 0 N–H and O–H groups in total. The molecule has 1 heterocycles. The minimum atomic E-state index is -4.42. The average Bonchev–Trinajstić information content (AvgIpc) is 2.73. The molecule has 0 saturated carbocycles. The molecule has 0 spiro atoms. The van der Waals surface area contributed by atoms with Gasteiger partial charge in [-0.15, -0.1) is 0 Å². The van der Waals surface area contributed by atoms with Crippen LogP contribution in [0, 0.1) is 0 Å². The Balaban J connectivity index is 2.60. The van der Waals surface area contributed by atoms with Gasteiger partial charge in [-0.1, -0.05) is 34.1 Å². The largest absolute Gasteiger partial charge is 0.433 e. The summed E-state index contributed by atoms with van der Waals surface area (Å²) in [7, 11) is 0. The van der Waals surface area contributed by atoms with E-state index in [4.69, 9.17) is 0 Å². The van der Waals surface area contributed by atoms with Gasteiger partial charge in [0.15, 0.2) is 5.69 Å². The molecule has 0 amide bonds. The fraction of sp³-hybridized carbons (Fsp3) is 0.182. The summed E-state index contributed by atoms with van der Waals surface area (Å²) in [5, 5.41) is 3.91. The van der Waals surface area contributed by atoms with Gasteiger partial charge in [0.05, 0.1) is 11.9 Å². The smallest absolute Gasteiger partial charge is 0.228 e. The maximum absolute atomic E-state index is 12.9. The number of nitrogens with zero attached hydrogens (tertiary/aromatic N) is 2. The summed E-state index contributed by atoms with van der Waals surface area (Å²) >= 11 is 3.03. The minimum absolute atomic E-state index is 0.120. The highest BCUT2D eigenvalue weighted by molar-refractivity contribution is 9.08. The van der Waals surface area contributed by atoms with Crippen molar-refractivity contribution in [3.63, 3.8) is 0 Å². The second kappa shape index (κ2) is 4.52. The molecular weight excluding hydrogens is 297 g/mol. The van der Waals surface area contributed by atoms with Gasteiger partial charge in [-0.3, -0.25) is 0 Å². The van der Waals surface area contributed by atoms with Gasteiger partial charge >= 0.3 is 6.18 Å². The van der Waals surface area contributed by atoms with Crippen LogP contribution in [-0.2, 0) is 11.5 Å². The van der Waals surface area contributed by atoms with Crippen LogP contribution in [0.2, 0.25) is 0 Å². The minimum Gasteiger partial charge on any atom is -0.228 e. The Hall–Kier alpha value is -1.30. The van der Waals surface area contributed by atoms with Crippen molar-refractivity contribution in [2.75, 3.05) is 0 Å². The van der Waals surface area contributed by atoms with Gasteiger partial charge in [0, 0.05) is 10.9 Å². The summed E-state index contributed by atoms with van der Waals surface area (Å²) in [6, 6.07) is 8.25. The van der Waals surface area contributed by atoms with Crippen molar-refractivity contribution >= 4 is 15.9 Å². The van der Waals surface area contributed by atoms with Gasteiger partial charge in [-0.25, -0.2) is 4.68 Å². The number of alkyl halides is 4. The van der Waals surface area contributed by atoms with Crippen LogP contribution in [0.1, 0.15) is 11.3 Å². The van der Waals surface area contributed by atoms with Gasteiger partial charge in [0.1, 0.15) is 0 Å². The van der Waals surface area contributed by atoms with E-state index in [9.17, 15) is 13.2 Å². The molecule has 17 heavy (non-hydrogen) atoms. The van der Waals surface area contributed by atoms with E-state index in [-0.39, 0.29) is 10.9 Å². The predicted molar refractivity (Wildman–Crippen MR) is 61.2 cm³/mol. The van der Waals surface area contributed by atoms with Crippen molar-refractivity contribution in [2.24, 2.45) is 0 Å². The second-order valence-electron chi connectivity index (χ2n) is 3.40. The normalized spacial score (nSPS) is 11.8. The summed E-state index contributed by atoms with van der Waals surface area (Å²) < 4.78 is 39.7. The lowest BCUT2D eigenvalue weighted by Crippen LogP contribution is -2.15. The van der Waals surface area contributed by atoms with E-state index in [2.05, 4.69) is 21.0 Å². The lowest BCUT2D eigenvalue weighted by molar-refractivity contribution is -0.143. The fourth-order valence-electron chi connectivity index (χ4n) is 1.55. The molecule has 0 radical (unpaired) electrons. The molecule has 0 saturated heterocycles. The van der Waals surface area contributed by atoms with Gasteiger partial charge in [-0.2, -0.15) is 18.3 Å². The molecular formula is C11H8BrF3N2. The van der Waals surface area contributed by atoms with Gasteiger partial charge in [-0.05, 0) is 12.1 Å². The van der Waals surface area contributed by atoms with E-state index in [0.29, 0.717) is 5.69 Å². The zero-order valence-electron chi connectivity index (χ0n) is 8.58. The molecule has 90 valence electrons. The van der Waals surface area contributed by atoms with E-state index in [1.54, 1.807) is 30.3 Å². The third kappa shape index (κ3) is 2.36. The molecule has 2 aromatic rings. The monoisotopic (exact) mass is 304 g/mol. The third-order valence-corrected chi connectivity index (χ3v) is 2.86. The lowest BCUT2D eigenvalue weighted by atomic mass is 10.2. The maximum atomic E-state index is 12.9. The zero-order chi connectivity index (χ0) is 12.5. The van der Waals surface area contributed by atoms with Crippen LogP contribution in [-0.4, -0.2) is 9.78 Å². The van der Waals surface area contributed by atoms with Crippen LogP contribution >= 0.6 is 15.9 Å². The molecule has 0 fully saturated rings. The molecule has 0 aliphatic rings. The van der Waals surface area contributed by atoms with Crippen LogP contribution < -0.4 is 0 Å². The first-order valence-corrected chi connectivity index (χ1v) is 5.91. The summed E-state index contributed by atoms with van der Waals surface area (Å²) in [5.74, 6) is 0. The Morgan fingerprint density at radius 1 is 1.18 bits per heavy atom. The van der Waals surface area contributed by atoms with E-state index in [1.165, 1.54) is 6.20 Å². The van der Waals surface area contributed by atoms with E-state index in [0.717, 1.165) is 4.68 Å². The first kappa shape index (κ1) is 12.2. The molecule has 2 rings (SSSR count). The molecule has 0 unspecified atom stereocenters. The van der Waals surface area contributed by atoms with Crippen molar-refractivity contribution in [3.05, 3.63) is 47.8 Å². The maximum Gasteiger partial charge on any atom is 0.433 e. The molecule has 1 aromatic carbocycles. The van der Waals surface area contributed by atoms with Crippen molar-refractivity contribution in [1.29, 1.82) is 0 Å². The summed E-state index contributed by atoms with van der Waals surface area (Å²) in [4.78, 5) is 0. The Kier molecular flexibility index (Phi) is 3.24. The first-order chi connectivity index (χ1) is 8.04. The van der Waals surface area contributed by atoms with E-state index in [1.807, 2.05) is 0 Å². The molecule has 6 heteroatoms. The first-order valence-electron chi connectivity index (χ1n) is 4.79. The van der Waals surface area contributed by atoms with Crippen LogP contribution in [0.15, 0.2) is 36.5 Å². The van der Waals surface area contributed by atoms with Crippen molar-refractivity contribution in [1.82, 2.24) is 9.78 Å². The Bertz CT molecular complexity index is 505. The number of aromatic nitrogens is 2. The number of benzene rings is 1.